The summed E-state index contributed by atoms with van der Waals surface area (Å²) in [5.74, 6) is -0.534. The zero-order chi connectivity index (χ0) is 72.0. The smallest absolute Gasteiger partial charge is 0.244 e. The van der Waals surface area contributed by atoms with Crippen LogP contribution in [0.1, 0.15) is 432 Å². The Bertz CT molecular complexity index is 1690. The fourth-order valence-electron chi connectivity index (χ4n) is 14.5. The molecule has 1 heterocycles. The van der Waals surface area contributed by atoms with Crippen molar-refractivity contribution in [2.24, 2.45) is 0 Å². The highest BCUT2D eigenvalue weighted by Gasteiger charge is 2.34. The molecule has 0 radical (unpaired) electrons. The number of aliphatic hydroxyl groups is 4. The van der Waals surface area contributed by atoms with Crippen LogP contribution in [0.2, 0.25) is 0 Å². The predicted octanol–water partition coefficient (Wildman–Crippen LogP) is 22.2. The first-order chi connectivity index (χ1) is 48.4. The van der Waals surface area contributed by atoms with Gasteiger partial charge in [-0.15, -0.1) is 0 Å². The van der Waals surface area contributed by atoms with E-state index in [9.17, 15) is 39.6 Å². The molecule has 586 valence electrons. The molecule has 99 heavy (non-hydrogen) atoms. The molecule has 14 heteroatoms. The van der Waals surface area contributed by atoms with E-state index < -0.39 is 36.5 Å². The van der Waals surface area contributed by atoms with Crippen molar-refractivity contribution in [3.8, 4) is 0 Å². The SMILES string of the molecule is CCCCCCCCCCCCCCCCC(O)CN(CCCC(=O)SCC1NC(=O)C(CSC(=O)CCN(CC(O)CCCCCCCCCCCCCCCC)CC(O)CCCCCCCCCCCCCCCC)NC1=O)CC(O)CCCCCCCCCCCCCCCC. The average molecular weight is 1440 g/mol. The van der Waals surface area contributed by atoms with Crippen molar-refractivity contribution in [3.63, 3.8) is 0 Å². The molecular formula is C85H166N4O8S2. The van der Waals surface area contributed by atoms with Gasteiger partial charge in [0.25, 0.3) is 0 Å². The van der Waals surface area contributed by atoms with E-state index >= 15 is 0 Å². The molecule has 0 aromatic carbocycles. The summed E-state index contributed by atoms with van der Waals surface area (Å²) in [5, 5.41) is 50.4. The van der Waals surface area contributed by atoms with Crippen LogP contribution in [0.25, 0.3) is 0 Å². The van der Waals surface area contributed by atoms with Crippen molar-refractivity contribution >= 4 is 45.6 Å². The Morgan fingerprint density at radius 2 is 0.485 bits per heavy atom. The minimum absolute atomic E-state index is 0.0649. The Morgan fingerprint density at radius 1 is 0.293 bits per heavy atom. The van der Waals surface area contributed by atoms with Crippen LogP contribution in [-0.2, 0) is 19.2 Å². The number of nitrogens with zero attached hydrogens (tertiary/aromatic N) is 2. The van der Waals surface area contributed by atoms with Crippen LogP contribution in [0.4, 0.5) is 0 Å². The van der Waals surface area contributed by atoms with Gasteiger partial charge in [0.2, 0.25) is 11.8 Å². The van der Waals surface area contributed by atoms with Gasteiger partial charge in [-0.1, -0.05) is 411 Å². The molecule has 6 N–H and O–H groups in total. The van der Waals surface area contributed by atoms with Crippen molar-refractivity contribution in [1.29, 1.82) is 0 Å². The maximum absolute atomic E-state index is 13.4. The van der Waals surface area contributed by atoms with E-state index in [4.69, 9.17) is 0 Å². The number of piperazine rings is 1. The molecule has 1 rings (SSSR count). The monoisotopic (exact) mass is 1440 g/mol. The molecule has 1 aliphatic rings. The molecule has 2 amide bonds. The lowest BCUT2D eigenvalue weighted by Crippen LogP contribution is -2.63. The van der Waals surface area contributed by atoms with Crippen LogP contribution in [0.5, 0.6) is 0 Å². The van der Waals surface area contributed by atoms with E-state index in [1.54, 1.807) is 0 Å². The van der Waals surface area contributed by atoms with Gasteiger partial charge in [-0.05, 0) is 38.6 Å². The first-order valence-corrected chi connectivity index (χ1v) is 45.5. The Labute approximate surface area is 621 Å². The second-order valence-electron chi connectivity index (χ2n) is 31.0. The first kappa shape index (κ1) is 95.8. The van der Waals surface area contributed by atoms with Crippen molar-refractivity contribution in [2.75, 3.05) is 50.8 Å². The van der Waals surface area contributed by atoms with Gasteiger partial charge in [0.1, 0.15) is 12.1 Å². The molecular weight excluding hydrogens is 1270 g/mol. The highest BCUT2D eigenvalue weighted by Crippen LogP contribution is 2.22. The lowest BCUT2D eigenvalue weighted by Gasteiger charge is -2.29. The van der Waals surface area contributed by atoms with Gasteiger partial charge in [0.05, 0.1) is 24.4 Å². The van der Waals surface area contributed by atoms with Crippen LogP contribution in [0.15, 0.2) is 0 Å². The summed E-state index contributed by atoms with van der Waals surface area (Å²) in [6.07, 6.45) is 74.1. The molecule has 0 aromatic rings. The number of nitrogens with one attached hydrogen (secondary N) is 2. The van der Waals surface area contributed by atoms with Crippen molar-refractivity contribution in [1.82, 2.24) is 20.4 Å². The van der Waals surface area contributed by atoms with Gasteiger partial charge < -0.3 is 31.1 Å². The summed E-state index contributed by atoms with van der Waals surface area (Å²) in [4.78, 5) is 57.6. The number of carbonyl (C=O) groups excluding carboxylic acids is 4. The van der Waals surface area contributed by atoms with Gasteiger partial charge in [0, 0.05) is 57.1 Å². The summed E-state index contributed by atoms with van der Waals surface area (Å²) in [7, 11) is 0. The standard InChI is InChI=1S/C85H166N4O8S2/c1-5-9-13-17-21-25-29-33-37-41-45-49-53-57-62-76(90)70-88(71-77(91)63-58-54-50-46-42-38-34-30-26-22-18-14-10-6-2)68-61-66-82(94)98-74-80-84(96)87-81(85(97)86-80)75-99-83(95)67-69-89(72-78(92)64-59-55-51-47-43-39-35-31-27-23-19-15-11-7-3)73-79(93)65-60-56-52-48-44-40-36-32-28-24-20-16-12-8-4/h76-81,90-93H,5-75H2,1-4H3,(H,86,97)(H,87,96). The molecule has 0 spiro atoms. The third-order valence-corrected chi connectivity index (χ3v) is 23.1. The largest absolute Gasteiger partial charge is 0.392 e. The summed E-state index contributed by atoms with van der Waals surface area (Å²) >= 11 is 2.08. The van der Waals surface area contributed by atoms with E-state index in [0.29, 0.717) is 58.5 Å². The zero-order valence-electron chi connectivity index (χ0n) is 65.8. The number of carbonyl (C=O) groups is 4. The van der Waals surface area contributed by atoms with Crippen molar-refractivity contribution in [3.05, 3.63) is 0 Å². The quantitative estimate of drug-likeness (QED) is 0.0318. The molecule has 1 aliphatic heterocycles. The summed E-state index contributed by atoms with van der Waals surface area (Å²) in [5.41, 5.74) is 0. The van der Waals surface area contributed by atoms with Gasteiger partial charge in [-0.25, -0.2) is 0 Å². The molecule has 0 aromatic heterocycles. The second-order valence-corrected chi connectivity index (χ2v) is 33.2. The minimum Gasteiger partial charge on any atom is -0.392 e. The predicted molar refractivity (Wildman–Crippen MR) is 429 cm³/mol. The van der Waals surface area contributed by atoms with E-state index in [2.05, 4.69) is 48.1 Å². The van der Waals surface area contributed by atoms with Crippen molar-refractivity contribution < 1.29 is 39.6 Å². The fourth-order valence-corrected chi connectivity index (χ4v) is 16.2. The molecule has 6 unspecified atom stereocenters. The van der Waals surface area contributed by atoms with Crippen LogP contribution >= 0.6 is 23.5 Å². The van der Waals surface area contributed by atoms with Crippen LogP contribution in [0, 0.1) is 0 Å². The van der Waals surface area contributed by atoms with Gasteiger partial charge >= 0.3 is 0 Å². The van der Waals surface area contributed by atoms with Crippen molar-refractivity contribution in [2.45, 2.75) is 469 Å². The van der Waals surface area contributed by atoms with E-state index in [-0.39, 0.29) is 46.4 Å². The maximum Gasteiger partial charge on any atom is 0.244 e. The maximum atomic E-state index is 13.4. The van der Waals surface area contributed by atoms with E-state index in [1.165, 1.54) is 308 Å². The minimum atomic E-state index is -0.876. The normalized spacial score (nSPS) is 15.5. The van der Waals surface area contributed by atoms with Crippen LogP contribution in [0.3, 0.4) is 0 Å². The molecule has 1 saturated heterocycles. The van der Waals surface area contributed by atoms with Gasteiger partial charge in [0.15, 0.2) is 10.2 Å². The Balaban J connectivity index is 2.64. The lowest BCUT2D eigenvalue weighted by molar-refractivity contribution is -0.135. The zero-order valence-corrected chi connectivity index (χ0v) is 67.4. The topological polar surface area (TPSA) is 180 Å². The number of hydrogen-bond acceptors (Lipinski definition) is 12. The van der Waals surface area contributed by atoms with E-state index in [1.807, 2.05) is 0 Å². The first-order valence-electron chi connectivity index (χ1n) is 43.5. The second kappa shape index (κ2) is 73.6. The highest BCUT2D eigenvalue weighted by atomic mass is 32.2. The van der Waals surface area contributed by atoms with E-state index in [0.717, 1.165) is 87.7 Å². The number of aliphatic hydroxyl groups excluding tert-OH is 4. The summed E-state index contributed by atoms with van der Waals surface area (Å²) < 4.78 is 0. The summed E-state index contributed by atoms with van der Waals surface area (Å²) in [6.45, 7) is 11.8. The Hall–Kier alpha value is -1.26. The number of unbranched alkanes of at least 4 members (excludes halogenated alkanes) is 52. The molecule has 0 saturated carbocycles. The third-order valence-electron chi connectivity index (χ3n) is 21.0. The average Bonchev–Trinajstić information content (AvgIpc) is 0.885. The lowest BCUT2D eigenvalue weighted by atomic mass is 10.0. The summed E-state index contributed by atoms with van der Waals surface area (Å²) in [6, 6.07) is -1.74. The molecule has 0 bridgehead atoms. The number of rotatable bonds is 79. The fraction of sp³-hybridized carbons (Fsp3) is 0.953. The highest BCUT2D eigenvalue weighted by molar-refractivity contribution is 8.13. The number of thioether (sulfide) groups is 2. The van der Waals surface area contributed by atoms with Gasteiger partial charge in [-0.2, -0.15) is 0 Å². The van der Waals surface area contributed by atoms with Gasteiger partial charge in [-0.3, -0.25) is 29.0 Å². The van der Waals surface area contributed by atoms with Crippen LogP contribution < -0.4 is 10.6 Å². The molecule has 6 atom stereocenters. The molecule has 0 aliphatic carbocycles. The number of amides is 2. The Kier molecular flexibility index (Phi) is 71.2. The number of hydrogen-bond donors (Lipinski definition) is 6. The Morgan fingerprint density at radius 3 is 0.707 bits per heavy atom. The molecule has 12 nitrogen and oxygen atoms in total. The molecule has 1 fully saturated rings. The van der Waals surface area contributed by atoms with Crippen LogP contribution in [-0.4, -0.2) is 140 Å². The third kappa shape index (κ3) is 64.8.